The molecule has 0 rings (SSSR count). The summed E-state index contributed by atoms with van der Waals surface area (Å²) >= 11 is 0. The number of hydrogen-bond acceptors (Lipinski definition) is 6. The summed E-state index contributed by atoms with van der Waals surface area (Å²) in [6.45, 7) is 6.41. The van der Waals surface area contributed by atoms with Gasteiger partial charge >= 0.3 is 17.9 Å². The van der Waals surface area contributed by atoms with Crippen molar-refractivity contribution in [2.45, 2.75) is 232 Å². The number of ether oxygens (including phenoxy) is 3. The normalized spacial score (nSPS) is 12.7. The number of esters is 3. The Bertz CT molecular complexity index is 1130. The number of carbonyl (C=O) groups excluding carboxylic acids is 3. The molecule has 6 nitrogen and oxygen atoms in total. The van der Waals surface area contributed by atoms with E-state index in [2.05, 4.69) is 93.7 Å². The summed E-state index contributed by atoms with van der Waals surface area (Å²) in [5, 5.41) is 0. The zero-order chi connectivity index (χ0) is 43.0. The Labute approximate surface area is 363 Å². The zero-order valence-electron chi connectivity index (χ0n) is 38.5. The van der Waals surface area contributed by atoms with Crippen molar-refractivity contribution in [3.8, 4) is 0 Å². The SMILES string of the molecule is CC/C=C\C/C=C\C/C=C\C/C=C\C/C=C\C/C=C\CCCCCCCCC(=O)OCC(COC(=O)CCCCCCC)OC(=O)CCCCCCCCCCCCC. The lowest BCUT2D eigenvalue weighted by Gasteiger charge is -2.18. The second-order valence-corrected chi connectivity index (χ2v) is 16.0. The second-order valence-electron chi connectivity index (χ2n) is 16.0. The average Bonchev–Trinajstić information content (AvgIpc) is 3.23. The number of rotatable bonds is 43. The van der Waals surface area contributed by atoms with E-state index in [0.29, 0.717) is 19.3 Å². The summed E-state index contributed by atoms with van der Waals surface area (Å²) in [6.07, 6.45) is 59.2. The van der Waals surface area contributed by atoms with E-state index < -0.39 is 6.10 Å². The molecule has 0 bridgehead atoms. The highest BCUT2D eigenvalue weighted by molar-refractivity contribution is 5.71. The van der Waals surface area contributed by atoms with Crippen LogP contribution in [0.25, 0.3) is 0 Å². The van der Waals surface area contributed by atoms with Crippen LogP contribution in [0.3, 0.4) is 0 Å². The minimum atomic E-state index is -0.774. The molecule has 0 aliphatic heterocycles. The predicted molar refractivity (Wildman–Crippen MR) is 251 cm³/mol. The Kier molecular flexibility index (Phi) is 45.0. The van der Waals surface area contributed by atoms with Gasteiger partial charge in [0, 0.05) is 19.3 Å². The minimum absolute atomic E-state index is 0.0797. The van der Waals surface area contributed by atoms with Crippen molar-refractivity contribution >= 4 is 17.9 Å². The van der Waals surface area contributed by atoms with Gasteiger partial charge in [-0.2, -0.15) is 0 Å². The van der Waals surface area contributed by atoms with Crippen LogP contribution >= 0.6 is 0 Å². The maximum atomic E-state index is 12.7. The Morgan fingerprint density at radius 1 is 0.356 bits per heavy atom. The summed E-state index contributed by atoms with van der Waals surface area (Å²) < 4.78 is 16.6. The Balaban J connectivity index is 4.15. The molecule has 59 heavy (non-hydrogen) atoms. The minimum Gasteiger partial charge on any atom is -0.462 e. The first kappa shape index (κ1) is 55.9. The lowest BCUT2D eigenvalue weighted by atomic mass is 10.1. The summed E-state index contributed by atoms with van der Waals surface area (Å²) in [7, 11) is 0. The average molecular weight is 823 g/mol. The van der Waals surface area contributed by atoms with Crippen LogP contribution in [-0.4, -0.2) is 37.2 Å². The van der Waals surface area contributed by atoms with E-state index in [1.807, 2.05) is 0 Å². The first-order valence-electron chi connectivity index (χ1n) is 24.4. The van der Waals surface area contributed by atoms with E-state index in [9.17, 15) is 14.4 Å². The third kappa shape index (κ3) is 45.8. The molecule has 0 amide bonds. The molecule has 0 radical (unpaired) electrons. The van der Waals surface area contributed by atoms with Gasteiger partial charge in [0.1, 0.15) is 13.2 Å². The molecule has 0 heterocycles. The third-order valence-electron chi connectivity index (χ3n) is 10.2. The van der Waals surface area contributed by atoms with Crippen molar-refractivity contribution < 1.29 is 28.6 Å². The second kappa shape index (κ2) is 47.5. The van der Waals surface area contributed by atoms with Crippen molar-refractivity contribution in [2.75, 3.05) is 13.2 Å². The van der Waals surface area contributed by atoms with E-state index in [1.54, 1.807) is 0 Å². The highest BCUT2D eigenvalue weighted by Gasteiger charge is 2.19. The molecule has 0 saturated carbocycles. The van der Waals surface area contributed by atoms with Crippen LogP contribution in [0.15, 0.2) is 72.9 Å². The lowest BCUT2D eigenvalue weighted by Crippen LogP contribution is -2.30. The Morgan fingerprint density at radius 3 is 1.03 bits per heavy atom. The number of unbranched alkanes of at least 4 members (excludes halogenated alkanes) is 20. The molecule has 0 N–H and O–H groups in total. The maximum Gasteiger partial charge on any atom is 0.306 e. The van der Waals surface area contributed by atoms with Gasteiger partial charge < -0.3 is 14.2 Å². The molecule has 0 aliphatic rings. The molecule has 0 aromatic rings. The van der Waals surface area contributed by atoms with Crippen molar-refractivity contribution in [3.63, 3.8) is 0 Å². The van der Waals surface area contributed by atoms with Gasteiger partial charge in [-0.25, -0.2) is 0 Å². The standard InChI is InChI=1S/C53H90O6/c1-4-7-10-13-15-17-19-20-21-22-23-24-25-26-27-28-29-30-31-32-34-35-37-40-43-46-52(55)58-49-50(48-57-51(54)45-42-39-12-9-6-3)59-53(56)47-44-41-38-36-33-18-16-14-11-8-5-2/h7,10,15,17,20-21,23-24,26-27,29-30,50H,4-6,8-9,11-14,16,18-19,22,25,28,31-49H2,1-3H3/b10-7-,17-15-,21-20-,24-23-,27-26-,30-29-. The molecule has 0 fully saturated rings. The molecule has 1 unspecified atom stereocenters. The first-order chi connectivity index (χ1) is 29.0. The first-order valence-corrected chi connectivity index (χ1v) is 24.4. The molecular weight excluding hydrogens is 733 g/mol. The Hall–Kier alpha value is -3.15. The zero-order valence-corrected chi connectivity index (χ0v) is 38.5. The smallest absolute Gasteiger partial charge is 0.306 e. The predicted octanol–water partition coefficient (Wildman–Crippen LogP) is 15.9. The molecular formula is C53H90O6. The number of allylic oxidation sites excluding steroid dienone is 12. The maximum absolute atomic E-state index is 12.7. The van der Waals surface area contributed by atoms with Gasteiger partial charge in [0.15, 0.2) is 6.10 Å². The van der Waals surface area contributed by atoms with Crippen LogP contribution in [0, 0.1) is 0 Å². The topological polar surface area (TPSA) is 78.9 Å². The summed E-state index contributed by atoms with van der Waals surface area (Å²) in [5.41, 5.74) is 0. The molecule has 0 aromatic heterocycles. The third-order valence-corrected chi connectivity index (χ3v) is 10.2. The summed E-state index contributed by atoms with van der Waals surface area (Å²) in [4.78, 5) is 37.5. The number of hydrogen-bond donors (Lipinski definition) is 0. The van der Waals surface area contributed by atoms with Gasteiger partial charge in [-0.3, -0.25) is 14.4 Å². The van der Waals surface area contributed by atoms with Crippen LogP contribution in [0.2, 0.25) is 0 Å². The highest BCUT2D eigenvalue weighted by atomic mass is 16.6. The van der Waals surface area contributed by atoms with Crippen molar-refractivity contribution in [3.05, 3.63) is 72.9 Å². The molecule has 0 aliphatic carbocycles. The quantitative estimate of drug-likeness (QED) is 0.0264. The van der Waals surface area contributed by atoms with E-state index in [0.717, 1.165) is 109 Å². The Morgan fingerprint density at radius 2 is 0.661 bits per heavy atom. The van der Waals surface area contributed by atoms with Crippen molar-refractivity contribution in [1.82, 2.24) is 0 Å². The van der Waals surface area contributed by atoms with Gasteiger partial charge in [0.05, 0.1) is 0 Å². The molecule has 0 spiro atoms. The molecule has 0 aromatic carbocycles. The van der Waals surface area contributed by atoms with Gasteiger partial charge in [0.2, 0.25) is 0 Å². The van der Waals surface area contributed by atoms with Crippen LogP contribution in [-0.2, 0) is 28.6 Å². The van der Waals surface area contributed by atoms with E-state index in [4.69, 9.17) is 14.2 Å². The van der Waals surface area contributed by atoms with Gasteiger partial charge in [-0.1, -0.05) is 209 Å². The van der Waals surface area contributed by atoms with E-state index >= 15 is 0 Å². The van der Waals surface area contributed by atoms with E-state index in [1.165, 1.54) is 77.0 Å². The number of carbonyl (C=O) groups is 3. The van der Waals surface area contributed by atoms with Crippen LogP contribution in [0.1, 0.15) is 226 Å². The molecule has 1 atom stereocenters. The molecule has 6 heteroatoms. The van der Waals surface area contributed by atoms with Crippen LogP contribution in [0.5, 0.6) is 0 Å². The van der Waals surface area contributed by atoms with Gasteiger partial charge in [-0.15, -0.1) is 0 Å². The fraction of sp³-hybridized carbons (Fsp3) is 0.717. The van der Waals surface area contributed by atoms with Crippen LogP contribution in [0.4, 0.5) is 0 Å². The molecule has 338 valence electrons. The van der Waals surface area contributed by atoms with Crippen molar-refractivity contribution in [1.29, 1.82) is 0 Å². The van der Waals surface area contributed by atoms with Gasteiger partial charge in [0.25, 0.3) is 0 Å². The largest absolute Gasteiger partial charge is 0.462 e. The fourth-order valence-electron chi connectivity index (χ4n) is 6.56. The lowest BCUT2D eigenvalue weighted by molar-refractivity contribution is -0.167. The van der Waals surface area contributed by atoms with Gasteiger partial charge in [-0.05, 0) is 70.6 Å². The van der Waals surface area contributed by atoms with Crippen molar-refractivity contribution in [2.24, 2.45) is 0 Å². The van der Waals surface area contributed by atoms with E-state index in [-0.39, 0.29) is 31.1 Å². The summed E-state index contributed by atoms with van der Waals surface area (Å²) in [6, 6.07) is 0. The summed E-state index contributed by atoms with van der Waals surface area (Å²) in [5.74, 6) is -0.911. The molecule has 0 saturated heterocycles. The van der Waals surface area contributed by atoms with Crippen LogP contribution < -0.4 is 0 Å². The fourth-order valence-corrected chi connectivity index (χ4v) is 6.56. The monoisotopic (exact) mass is 823 g/mol. The highest BCUT2D eigenvalue weighted by Crippen LogP contribution is 2.14.